The van der Waals surface area contributed by atoms with Gasteiger partial charge in [0.15, 0.2) is 5.71 Å². The van der Waals surface area contributed by atoms with Gasteiger partial charge in [0.05, 0.1) is 32.5 Å². The number of imide groups is 1. The molecule has 0 unspecified atom stereocenters. The van der Waals surface area contributed by atoms with Crippen molar-refractivity contribution < 1.29 is 163 Å². The second-order valence-electron chi connectivity index (χ2n) is 17.8. The molecule has 74 heavy (non-hydrogen) atoms. The van der Waals surface area contributed by atoms with Crippen molar-refractivity contribution in [3.63, 3.8) is 0 Å². The van der Waals surface area contributed by atoms with E-state index >= 15 is 0 Å². The third-order valence-electron chi connectivity index (χ3n) is 12.4. The molecule has 3 aromatic rings. The SMILES string of the molecule is CC1(C)C(=CC=C(C=CC2=[N+](CCCSOO[O-])c3ccc(SOO[O-])cc3C2(C)C)c2cccc(CCCCC(=O)NCCN3C(=O)C=CC3=O)c2)N(CCCS(=O)(=O)[O-])c2ccc(S(=O)(=O)[O-])cc21.[Na+].[Na+].[Na+]. The van der Waals surface area contributed by atoms with Gasteiger partial charge in [-0.3, -0.25) is 29.4 Å². The van der Waals surface area contributed by atoms with Crippen LogP contribution in [0.5, 0.6) is 0 Å². The van der Waals surface area contributed by atoms with Crippen LogP contribution in [0.15, 0.2) is 113 Å². The minimum Gasteiger partial charge on any atom is -0.748 e. The third-order valence-corrected chi connectivity index (χ3v) is 15.2. The molecule has 3 heterocycles. The smallest absolute Gasteiger partial charge is 0.748 e. The fraction of sp³-hybridized carbons (Fsp3) is 0.375. The molecule has 0 saturated heterocycles. The Kier molecular flexibility index (Phi) is 26.7. The summed E-state index contributed by atoms with van der Waals surface area (Å²) < 4.78 is 83.0. The summed E-state index contributed by atoms with van der Waals surface area (Å²) in [6, 6.07) is 17.6. The third kappa shape index (κ3) is 17.5. The standard InChI is InChI=1S/C48H56N4O15S4.3Na/c1-47(2)38-31-36(69-67-65-57)16-18-40(38)50(25-8-28-68-66-64-56)42(47)20-14-34(35-12-7-11-33(30-35)10-5-6-13-44(53)49-24-27-52-45(54)22-23-46(52)55)15-21-43-48(3,4)39-32-37(71(61,62)63)17-19-41(39)51(43)26-9-29-70(58,59)60;;;/h7,11-12,14-23,30-32H,5-6,8-10,13,24-29H2,1-4H3,(H4-,49,53,56,57,58,59,60,61,62,63);;;/q;3*+1/p-3. The monoisotopic (exact) mass is 1120 g/mol. The van der Waals surface area contributed by atoms with Crippen molar-refractivity contribution >= 4 is 84.7 Å². The van der Waals surface area contributed by atoms with Crippen molar-refractivity contribution in [2.45, 2.75) is 86.8 Å². The van der Waals surface area contributed by atoms with E-state index in [1.807, 2.05) is 79.4 Å². The van der Waals surface area contributed by atoms with Crippen molar-refractivity contribution in [3.8, 4) is 0 Å². The molecule has 26 heteroatoms. The molecule has 0 bridgehead atoms. The summed E-state index contributed by atoms with van der Waals surface area (Å²) in [5, 5.41) is 31.0. The van der Waals surface area contributed by atoms with E-state index in [1.165, 1.54) is 30.4 Å². The number of carbonyl (C=O) groups excluding carboxylic acids is 3. The minimum atomic E-state index is -4.83. The Bertz CT molecular complexity index is 2880. The van der Waals surface area contributed by atoms with Gasteiger partial charge in [0, 0.05) is 108 Å². The van der Waals surface area contributed by atoms with Crippen molar-refractivity contribution in [1.29, 1.82) is 0 Å². The van der Waals surface area contributed by atoms with Gasteiger partial charge < -0.3 is 29.8 Å². The summed E-state index contributed by atoms with van der Waals surface area (Å²) in [7, 11) is -9.39. The Labute approximate surface area is 506 Å². The maximum Gasteiger partial charge on any atom is 1.00 e. The molecular weight excluding hydrogens is 1070 g/mol. The summed E-state index contributed by atoms with van der Waals surface area (Å²) in [6.07, 6.45) is 12.8. The number of anilines is 1. The van der Waals surface area contributed by atoms with Crippen LogP contribution < -0.4 is 109 Å². The summed E-state index contributed by atoms with van der Waals surface area (Å²) in [4.78, 5) is 39.4. The number of amides is 3. The molecule has 0 atom stereocenters. The number of carbonyl (C=O) groups is 3. The Hall–Kier alpha value is -2.02. The zero-order valence-electron chi connectivity index (χ0n) is 42.3. The van der Waals surface area contributed by atoms with E-state index in [-0.39, 0.29) is 127 Å². The van der Waals surface area contributed by atoms with Crippen LogP contribution in [-0.2, 0) is 70.6 Å². The van der Waals surface area contributed by atoms with Gasteiger partial charge in [-0.15, -0.1) is 0 Å². The maximum absolute atomic E-state index is 12.6. The van der Waals surface area contributed by atoms with Crippen molar-refractivity contribution in [2.24, 2.45) is 0 Å². The van der Waals surface area contributed by atoms with E-state index in [0.717, 1.165) is 62.6 Å². The first-order chi connectivity index (χ1) is 33.6. The van der Waals surface area contributed by atoms with Crippen LogP contribution in [0.2, 0.25) is 0 Å². The number of aryl methyl sites for hydroxylation is 1. The average Bonchev–Trinajstić information content (AvgIpc) is 3.83. The number of nitrogens with zero attached hydrogens (tertiary/aromatic N) is 3. The first kappa shape index (κ1) is 66.3. The molecule has 0 aliphatic carbocycles. The van der Waals surface area contributed by atoms with Gasteiger partial charge in [0.25, 0.3) is 11.8 Å². The number of nitrogens with one attached hydrogen (secondary N) is 1. The molecule has 3 aromatic carbocycles. The zero-order chi connectivity index (χ0) is 51.6. The van der Waals surface area contributed by atoms with Gasteiger partial charge >= 0.3 is 88.7 Å². The second-order valence-corrected chi connectivity index (χ2v) is 22.3. The Morgan fingerprint density at radius 1 is 0.811 bits per heavy atom. The number of unbranched alkanes of at least 4 members (excludes halogenated alkanes) is 1. The zero-order valence-corrected chi connectivity index (χ0v) is 51.6. The van der Waals surface area contributed by atoms with Crippen LogP contribution in [-0.4, -0.2) is 96.5 Å². The Balaban J connectivity index is 0.00000481. The first-order valence-corrected chi connectivity index (χ1v) is 27.1. The van der Waals surface area contributed by atoms with E-state index < -0.39 is 53.5 Å². The molecule has 0 radical (unpaired) electrons. The number of rotatable bonds is 26. The Morgan fingerprint density at radius 3 is 2.20 bits per heavy atom. The molecule has 3 amide bonds. The molecule has 3 aliphatic rings. The van der Waals surface area contributed by atoms with E-state index in [1.54, 1.807) is 6.07 Å². The normalized spacial score (nSPS) is 16.4. The molecule has 3 aliphatic heterocycles. The molecule has 0 fully saturated rings. The van der Waals surface area contributed by atoms with Gasteiger partial charge in [0.2, 0.25) is 11.6 Å². The second kappa shape index (κ2) is 29.8. The van der Waals surface area contributed by atoms with Crippen molar-refractivity contribution in [3.05, 3.63) is 125 Å². The van der Waals surface area contributed by atoms with Gasteiger partial charge in [-0.1, -0.05) is 44.2 Å². The predicted molar refractivity (Wildman–Crippen MR) is 259 cm³/mol. The fourth-order valence-electron chi connectivity index (χ4n) is 8.94. The van der Waals surface area contributed by atoms with Gasteiger partial charge in [0.1, 0.15) is 16.7 Å². The van der Waals surface area contributed by atoms with Crippen molar-refractivity contribution in [2.75, 3.05) is 42.6 Å². The number of benzene rings is 3. The molecule has 382 valence electrons. The van der Waals surface area contributed by atoms with Crippen LogP contribution in [0.4, 0.5) is 11.4 Å². The van der Waals surface area contributed by atoms with Crippen molar-refractivity contribution in [1.82, 2.24) is 10.2 Å². The first-order valence-electron chi connectivity index (χ1n) is 22.5. The topological polar surface area (TPSA) is 270 Å². The summed E-state index contributed by atoms with van der Waals surface area (Å²) >= 11 is 1.65. The van der Waals surface area contributed by atoms with Gasteiger partial charge in [-0.05, 0) is 104 Å². The van der Waals surface area contributed by atoms with Crippen LogP contribution in [0.25, 0.3) is 5.57 Å². The summed E-state index contributed by atoms with van der Waals surface area (Å²) in [5.74, 6) is -1.23. The molecule has 0 spiro atoms. The predicted octanol–water partition coefficient (Wildman–Crippen LogP) is -4.52. The van der Waals surface area contributed by atoms with E-state index in [4.69, 9.17) is 0 Å². The van der Waals surface area contributed by atoms with Gasteiger partial charge in [-0.25, -0.2) is 16.8 Å². The fourth-order valence-corrected chi connectivity index (χ4v) is 10.7. The largest absolute Gasteiger partial charge is 1.00 e. The molecule has 0 saturated carbocycles. The van der Waals surface area contributed by atoms with Crippen LogP contribution >= 0.6 is 24.1 Å². The van der Waals surface area contributed by atoms with E-state index in [2.05, 4.69) is 42.5 Å². The number of fused-ring (bicyclic) bond motifs is 2. The summed E-state index contributed by atoms with van der Waals surface area (Å²) in [6.45, 7) is 8.65. The number of hydrogen-bond donors (Lipinski definition) is 1. The van der Waals surface area contributed by atoms with Gasteiger partial charge in [-0.2, -0.15) is 13.2 Å². The van der Waals surface area contributed by atoms with Crippen LogP contribution in [0.3, 0.4) is 0 Å². The number of hydrogen-bond acceptors (Lipinski definition) is 18. The molecule has 0 aromatic heterocycles. The molecular formula is C48H53N4Na3O15S4. The van der Waals surface area contributed by atoms with Crippen LogP contribution in [0.1, 0.15) is 82.1 Å². The molecule has 19 nitrogen and oxygen atoms in total. The number of allylic oxidation sites excluding steroid dienone is 6. The van der Waals surface area contributed by atoms with E-state index in [0.29, 0.717) is 59.8 Å². The van der Waals surface area contributed by atoms with Crippen LogP contribution in [0, 0.1) is 0 Å². The Morgan fingerprint density at radius 2 is 1.53 bits per heavy atom. The maximum atomic E-state index is 12.6. The minimum absolute atomic E-state index is 0. The average molecular weight is 1120 g/mol. The summed E-state index contributed by atoms with van der Waals surface area (Å²) in [5.41, 5.74) is 5.43. The molecule has 1 N–H and O–H groups in total. The quantitative estimate of drug-likeness (QED) is 0.00913. The van der Waals surface area contributed by atoms with E-state index in [9.17, 15) is 50.8 Å². The molecule has 6 rings (SSSR count).